The third kappa shape index (κ3) is 21.0. The fraction of sp³-hybridized carbons (Fsp3) is 0.800. The summed E-state index contributed by atoms with van der Waals surface area (Å²) in [6.07, 6.45) is 1.23. The van der Waals surface area contributed by atoms with Crippen LogP contribution in [0.2, 0.25) is 0 Å². The maximum absolute atomic E-state index is 11.1. The quantitative estimate of drug-likeness (QED) is 0.155. The minimum atomic E-state index is -0.413. The molecule has 0 radical (unpaired) electrons. The second-order valence-electron chi connectivity index (χ2n) is 5.95. The molecule has 0 heterocycles. The largest absolute Gasteiger partial charge is 0.463 e. The van der Waals surface area contributed by atoms with Crippen molar-refractivity contribution in [1.82, 2.24) is 0 Å². The number of carbonyl (C=O) groups is 2. The van der Waals surface area contributed by atoms with Gasteiger partial charge in [-0.3, -0.25) is 4.79 Å². The molecule has 0 aromatic carbocycles. The van der Waals surface area contributed by atoms with Gasteiger partial charge >= 0.3 is 11.9 Å². The maximum atomic E-state index is 11.1. The number of hydrogen-bond acceptors (Lipinski definition) is 9. The van der Waals surface area contributed by atoms with Crippen molar-refractivity contribution in [2.24, 2.45) is 0 Å². The Hall–Kier alpha value is -1.52. The van der Waals surface area contributed by atoms with Crippen molar-refractivity contribution >= 4 is 11.9 Å². The van der Waals surface area contributed by atoms with Gasteiger partial charge in [-0.1, -0.05) is 13.5 Å². The van der Waals surface area contributed by atoms with E-state index in [1.54, 1.807) is 6.92 Å². The lowest BCUT2D eigenvalue weighted by molar-refractivity contribution is -0.145. The van der Waals surface area contributed by atoms with Gasteiger partial charge in [0.15, 0.2) is 0 Å². The molecule has 0 aliphatic carbocycles. The van der Waals surface area contributed by atoms with Crippen LogP contribution in [0.1, 0.15) is 26.7 Å². The van der Waals surface area contributed by atoms with Crippen LogP contribution in [0.25, 0.3) is 0 Å². The molecule has 170 valence electrons. The van der Waals surface area contributed by atoms with Crippen molar-refractivity contribution in [3.63, 3.8) is 0 Å². The molecular formula is C20H36O9. The third-order valence-electron chi connectivity index (χ3n) is 3.24. The van der Waals surface area contributed by atoms with Gasteiger partial charge in [-0.05, 0) is 13.3 Å². The first kappa shape index (κ1) is 27.5. The van der Waals surface area contributed by atoms with Crippen LogP contribution in [0.4, 0.5) is 0 Å². The van der Waals surface area contributed by atoms with Crippen molar-refractivity contribution in [2.75, 3.05) is 79.3 Å². The Labute approximate surface area is 173 Å². The fourth-order valence-corrected chi connectivity index (χ4v) is 1.79. The van der Waals surface area contributed by atoms with Gasteiger partial charge in [0.1, 0.15) is 13.2 Å². The zero-order valence-corrected chi connectivity index (χ0v) is 17.8. The van der Waals surface area contributed by atoms with Crippen LogP contribution in [0.5, 0.6) is 0 Å². The topological polar surface area (TPSA) is 98.8 Å². The van der Waals surface area contributed by atoms with E-state index in [4.69, 9.17) is 33.2 Å². The Bertz CT molecular complexity index is 426. The summed E-state index contributed by atoms with van der Waals surface area (Å²) in [7, 11) is 0. The van der Waals surface area contributed by atoms with Crippen molar-refractivity contribution in [3.05, 3.63) is 12.2 Å². The van der Waals surface area contributed by atoms with Gasteiger partial charge in [0.2, 0.25) is 0 Å². The highest BCUT2D eigenvalue weighted by Gasteiger charge is 2.02. The third-order valence-corrected chi connectivity index (χ3v) is 3.24. The van der Waals surface area contributed by atoms with E-state index in [0.29, 0.717) is 78.1 Å². The van der Waals surface area contributed by atoms with Gasteiger partial charge in [0.05, 0.1) is 66.1 Å². The molecule has 0 saturated heterocycles. The number of hydrogen-bond donors (Lipinski definition) is 0. The van der Waals surface area contributed by atoms with E-state index in [0.717, 1.165) is 6.42 Å². The first-order valence-corrected chi connectivity index (χ1v) is 9.94. The van der Waals surface area contributed by atoms with Crippen LogP contribution in [0.15, 0.2) is 12.2 Å². The minimum absolute atomic E-state index is 0.192. The summed E-state index contributed by atoms with van der Waals surface area (Å²) in [6.45, 7) is 11.8. The molecule has 0 rings (SSSR count). The summed E-state index contributed by atoms with van der Waals surface area (Å²) in [5.41, 5.74) is 0.370. The van der Waals surface area contributed by atoms with Crippen LogP contribution >= 0.6 is 0 Å². The number of carbonyl (C=O) groups excluding carboxylic acids is 2. The normalized spacial score (nSPS) is 10.7. The smallest absolute Gasteiger partial charge is 0.333 e. The molecule has 0 N–H and O–H groups in total. The summed E-state index contributed by atoms with van der Waals surface area (Å²) in [5.74, 6) is -0.605. The predicted octanol–water partition coefficient (Wildman–Crippen LogP) is 1.53. The molecule has 0 unspecified atom stereocenters. The predicted molar refractivity (Wildman–Crippen MR) is 106 cm³/mol. The lowest BCUT2D eigenvalue weighted by atomic mass is 10.3. The van der Waals surface area contributed by atoms with Crippen molar-refractivity contribution in [3.8, 4) is 0 Å². The standard InChI is InChI=1S/C20H36O9/c1-4-5-19(21)28-16-14-26-12-10-24-8-6-23-7-9-25-11-13-27-15-17-29-20(22)18(2)3/h2,4-17H2,1,3H3. The fourth-order valence-electron chi connectivity index (χ4n) is 1.79. The van der Waals surface area contributed by atoms with Crippen LogP contribution in [0.3, 0.4) is 0 Å². The van der Waals surface area contributed by atoms with Gasteiger partial charge in [-0.15, -0.1) is 0 Å². The van der Waals surface area contributed by atoms with E-state index in [-0.39, 0.29) is 19.2 Å². The van der Waals surface area contributed by atoms with Crippen molar-refractivity contribution in [1.29, 1.82) is 0 Å². The molecule has 9 heteroatoms. The molecule has 0 aromatic heterocycles. The van der Waals surface area contributed by atoms with Gasteiger partial charge in [-0.2, -0.15) is 0 Å². The molecule has 0 bridgehead atoms. The highest BCUT2D eigenvalue weighted by molar-refractivity contribution is 5.86. The Morgan fingerprint density at radius 3 is 1.31 bits per heavy atom. The van der Waals surface area contributed by atoms with E-state index in [1.807, 2.05) is 6.92 Å². The Morgan fingerprint density at radius 1 is 0.621 bits per heavy atom. The van der Waals surface area contributed by atoms with Crippen LogP contribution in [0, 0.1) is 0 Å². The Kier molecular flexibility index (Phi) is 20.1. The average Bonchev–Trinajstić information content (AvgIpc) is 2.69. The highest BCUT2D eigenvalue weighted by atomic mass is 16.6. The molecule has 0 aliphatic heterocycles. The van der Waals surface area contributed by atoms with Crippen molar-refractivity contribution < 1.29 is 42.7 Å². The van der Waals surface area contributed by atoms with E-state index >= 15 is 0 Å². The first-order chi connectivity index (χ1) is 14.1. The van der Waals surface area contributed by atoms with E-state index in [1.165, 1.54) is 0 Å². The van der Waals surface area contributed by atoms with E-state index in [9.17, 15) is 9.59 Å². The molecule has 0 aromatic rings. The summed E-state index contributed by atoms with van der Waals surface area (Å²) in [6, 6.07) is 0. The van der Waals surface area contributed by atoms with Crippen LogP contribution in [-0.2, 0) is 42.7 Å². The monoisotopic (exact) mass is 420 g/mol. The van der Waals surface area contributed by atoms with Gasteiger partial charge in [-0.25, -0.2) is 4.79 Å². The lowest BCUT2D eigenvalue weighted by Crippen LogP contribution is -2.15. The molecule has 9 nitrogen and oxygen atoms in total. The minimum Gasteiger partial charge on any atom is -0.463 e. The Balaban J connectivity index is 3.11. The first-order valence-electron chi connectivity index (χ1n) is 9.94. The molecule has 29 heavy (non-hydrogen) atoms. The van der Waals surface area contributed by atoms with Gasteiger partial charge < -0.3 is 33.2 Å². The average molecular weight is 420 g/mol. The molecule has 0 amide bonds. The summed E-state index contributed by atoms with van der Waals surface area (Å²) < 4.78 is 36.5. The molecule has 0 atom stereocenters. The second-order valence-corrected chi connectivity index (χ2v) is 5.95. The number of ether oxygens (including phenoxy) is 7. The van der Waals surface area contributed by atoms with E-state index < -0.39 is 5.97 Å². The number of rotatable bonds is 21. The molecule has 0 aliphatic rings. The number of esters is 2. The van der Waals surface area contributed by atoms with Crippen LogP contribution in [-0.4, -0.2) is 91.2 Å². The maximum Gasteiger partial charge on any atom is 0.333 e. The summed E-state index contributed by atoms with van der Waals surface area (Å²) >= 11 is 0. The molecule has 0 fully saturated rings. The molecule has 0 spiro atoms. The molecular weight excluding hydrogens is 384 g/mol. The van der Waals surface area contributed by atoms with Crippen molar-refractivity contribution in [2.45, 2.75) is 26.7 Å². The zero-order chi connectivity index (χ0) is 21.6. The summed E-state index contributed by atoms with van der Waals surface area (Å²) in [4.78, 5) is 22.2. The van der Waals surface area contributed by atoms with Crippen LogP contribution < -0.4 is 0 Å². The summed E-state index contributed by atoms with van der Waals surface area (Å²) in [5, 5.41) is 0. The molecule has 0 saturated carbocycles. The second kappa shape index (κ2) is 21.2. The van der Waals surface area contributed by atoms with E-state index in [2.05, 4.69) is 6.58 Å². The highest BCUT2D eigenvalue weighted by Crippen LogP contribution is 1.92. The lowest BCUT2D eigenvalue weighted by Gasteiger charge is -2.08. The zero-order valence-electron chi connectivity index (χ0n) is 17.8. The Morgan fingerprint density at radius 2 is 0.966 bits per heavy atom. The SMILES string of the molecule is C=C(C)C(=O)OCCOCCOCCOCCOCCOCCOC(=O)CCC. The van der Waals surface area contributed by atoms with Gasteiger partial charge in [0.25, 0.3) is 0 Å². The van der Waals surface area contributed by atoms with Gasteiger partial charge in [0, 0.05) is 12.0 Å².